The van der Waals surface area contributed by atoms with Crippen LogP contribution in [0.4, 0.5) is 0 Å². The molecule has 0 radical (unpaired) electrons. The average molecular weight is 251 g/mol. The fourth-order valence-corrected chi connectivity index (χ4v) is 3.24. The summed E-state index contributed by atoms with van der Waals surface area (Å²) in [6.07, 6.45) is 3.71. The molecule has 1 fully saturated rings. The van der Waals surface area contributed by atoms with Crippen LogP contribution in [0, 0.1) is 0 Å². The highest BCUT2D eigenvalue weighted by Crippen LogP contribution is 2.16. The Kier molecular flexibility index (Phi) is 5.36. The van der Waals surface area contributed by atoms with Crippen molar-refractivity contribution in [1.82, 2.24) is 5.32 Å². The third-order valence-electron chi connectivity index (χ3n) is 3.27. The van der Waals surface area contributed by atoms with Gasteiger partial charge in [0.1, 0.15) is 0 Å². The summed E-state index contributed by atoms with van der Waals surface area (Å²) < 4.78 is 0. The molecule has 0 aromatic heterocycles. The second-order valence-corrected chi connectivity index (χ2v) is 5.79. The van der Waals surface area contributed by atoms with Crippen molar-refractivity contribution in [3.8, 4) is 0 Å². The van der Waals surface area contributed by atoms with Crippen LogP contribution in [0.15, 0.2) is 24.3 Å². The quantitative estimate of drug-likeness (QED) is 0.841. The number of aliphatic hydroxyl groups is 1. The fourth-order valence-electron chi connectivity index (χ4n) is 2.13. The summed E-state index contributed by atoms with van der Waals surface area (Å²) in [6, 6.07) is 8.97. The molecule has 1 saturated heterocycles. The first kappa shape index (κ1) is 12.9. The molecule has 1 aromatic rings. The fraction of sp³-hybridized carbons (Fsp3) is 0.571. The molecule has 0 amide bonds. The van der Waals surface area contributed by atoms with Gasteiger partial charge in [-0.2, -0.15) is 11.8 Å². The Labute approximate surface area is 108 Å². The topological polar surface area (TPSA) is 32.3 Å². The summed E-state index contributed by atoms with van der Waals surface area (Å²) in [6.45, 7) is 1.20. The largest absolute Gasteiger partial charge is 0.392 e. The van der Waals surface area contributed by atoms with Crippen molar-refractivity contribution < 1.29 is 5.11 Å². The van der Waals surface area contributed by atoms with Gasteiger partial charge in [0.05, 0.1) is 6.61 Å². The van der Waals surface area contributed by atoms with Gasteiger partial charge >= 0.3 is 0 Å². The van der Waals surface area contributed by atoms with E-state index in [2.05, 4.69) is 29.2 Å². The zero-order valence-electron chi connectivity index (χ0n) is 10.2. The SMILES string of the molecule is OCc1ccc(CCNC2CCSCC2)cc1. The number of benzene rings is 1. The zero-order valence-corrected chi connectivity index (χ0v) is 11.0. The van der Waals surface area contributed by atoms with Crippen molar-refractivity contribution >= 4 is 11.8 Å². The van der Waals surface area contributed by atoms with Crippen molar-refractivity contribution in [2.75, 3.05) is 18.1 Å². The van der Waals surface area contributed by atoms with Crippen molar-refractivity contribution in [3.05, 3.63) is 35.4 Å². The molecule has 1 aromatic carbocycles. The number of aliphatic hydroxyl groups excluding tert-OH is 1. The summed E-state index contributed by atoms with van der Waals surface area (Å²) in [5, 5.41) is 12.6. The van der Waals surface area contributed by atoms with Crippen molar-refractivity contribution in [3.63, 3.8) is 0 Å². The van der Waals surface area contributed by atoms with Crippen LogP contribution in [0.2, 0.25) is 0 Å². The highest BCUT2D eigenvalue weighted by Gasteiger charge is 2.11. The van der Waals surface area contributed by atoms with E-state index in [0.29, 0.717) is 0 Å². The summed E-state index contributed by atoms with van der Waals surface area (Å²) in [5.41, 5.74) is 2.34. The number of hydrogen-bond donors (Lipinski definition) is 2. The smallest absolute Gasteiger partial charge is 0.0681 e. The van der Waals surface area contributed by atoms with Crippen LogP contribution in [0.3, 0.4) is 0 Å². The summed E-state index contributed by atoms with van der Waals surface area (Å²) in [4.78, 5) is 0. The van der Waals surface area contributed by atoms with Crippen molar-refractivity contribution in [2.24, 2.45) is 0 Å². The molecular weight excluding hydrogens is 230 g/mol. The third-order valence-corrected chi connectivity index (χ3v) is 4.32. The molecule has 2 rings (SSSR count). The number of nitrogens with one attached hydrogen (secondary N) is 1. The van der Waals surface area contributed by atoms with Gasteiger partial charge in [-0.3, -0.25) is 0 Å². The molecule has 94 valence electrons. The Bertz CT molecular complexity index is 319. The average Bonchev–Trinajstić information content (AvgIpc) is 2.41. The highest BCUT2D eigenvalue weighted by molar-refractivity contribution is 7.99. The van der Waals surface area contributed by atoms with Gasteiger partial charge in [0.2, 0.25) is 0 Å². The van der Waals surface area contributed by atoms with Crippen LogP contribution >= 0.6 is 11.8 Å². The van der Waals surface area contributed by atoms with E-state index in [1.54, 1.807) is 0 Å². The first-order chi connectivity index (χ1) is 8.38. The van der Waals surface area contributed by atoms with Crippen LogP contribution in [0.5, 0.6) is 0 Å². The van der Waals surface area contributed by atoms with Gasteiger partial charge in [0.15, 0.2) is 0 Å². The maximum Gasteiger partial charge on any atom is 0.0681 e. The Morgan fingerprint density at radius 1 is 1.12 bits per heavy atom. The molecule has 0 aliphatic carbocycles. The summed E-state index contributed by atoms with van der Waals surface area (Å²) >= 11 is 2.07. The lowest BCUT2D eigenvalue weighted by atomic mass is 10.1. The van der Waals surface area contributed by atoms with E-state index in [0.717, 1.165) is 24.6 Å². The van der Waals surface area contributed by atoms with Crippen LogP contribution in [0.25, 0.3) is 0 Å². The predicted octanol–water partition coefficient (Wildman–Crippen LogP) is 2.21. The molecule has 2 nitrogen and oxygen atoms in total. The number of thioether (sulfide) groups is 1. The molecule has 1 aliphatic rings. The van der Waals surface area contributed by atoms with Crippen LogP contribution in [0.1, 0.15) is 24.0 Å². The number of hydrogen-bond acceptors (Lipinski definition) is 3. The van der Waals surface area contributed by atoms with Gasteiger partial charge in [-0.05, 0) is 48.4 Å². The van der Waals surface area contributed by atoms with Gasteiger partial charge in [-0.15, -0.1) is 0 Å². The van der Waals surface area contributed by atoms with Crippen LogP contribution in [-0.4, -0.2) is 29.2 Å². The second kappa shape index (κ2) is 7.04. The molecule has 0 unspecified atom stereocenters. The molecular formula is C14H21NOS. The van der Waals surface area contributed by atoms with E-state index >= 15 is 0 Å². The van der Waals surface area contributed by atoms with Crippen molar-refractivity contribution in [1.29, 1.82) is 0 Å². The van der Waals surface area contributed by atoms with E-state index in [9.17, 15) is 0 Å². The lowest BCUT2D eigenvalue weighted by Crippen LogP contribution is -2.33. The minimum atomic E-state index is 0.137. The number of rotatable bonds is 5. The lowest BCUT2D eigenvalue weighted by molar-refractivity contribution is 0.282. The lowest BCUT2D eigenvalue weighted by Gasteiger charge is -2.22. The molecule has 2 N–H and O–H groups in total. The third kappa shape index (κ3) is 4.34. The standard InChI is InChI=1S/C14H21NOS/c16-11-13-3-1-12(2-4-13)5-8-15-14-6-9-17-10-7-14/h1-4,14-16H,5-11H2. The van der Waals surface area contributed by atoms with E-state index in [1.807, 2.05) is 12.1 Å². The van der Waals surface area contributed by atoms with E-state index in [4.69, 9.17) is 5.11 Å². The molecule has 1 aliphatic heterocycles. The molecule has 0 bridgehead atoms. The highest BCUT2D eigenvalue weighted by atomic mass is 32.2. The van der Waals surface area contributed by atoms with Crippen molar-refractivity contribution in [2.45, 2.75) is 31.9 Å². The Morgan fingerprint density at radius 2 is 1.76 bits per heavy atom. The summed E-state index contributed by atoms with van der Waals surface area (Å²) in [7, 11) is 0. The molecule has 0 atom stereocenters. The second-order valence-electron chi connectivity index (χ2n) is 4.57. The summed E-state index contributed by atoms with van der Waals surface area (Å²) in [5.74, 6) is 2.62. The van der Waals surface area contributed by atoms with E-state index < -0.39 is 0 Å². The molecule has 0 spiro atoms. The van der Waals surface area contributed by atoms with E-state index in [1.165, 1.54) is 29.9 Å². The van der Waals surface area contributed by atoms with Crippen LogP contribution < -0.4 is 5.32 Å². The first-order valence-electron chi connectivity index (χ1n) is 6.38. The van der Waals surface area contributed by atoms with Gasteiger partial charge in [0.25, 0.3) is 0 Å². The van der Waals surface area contributed by atoms with Crippen LogP contribution in [-0.2, 0) is 13.0 Å². The van der Waals surface area contributed by atoms with Gasteiger partial charge in [-0.1, -0.05) is 24.3 Å². The molecule has 1 heterocycles. The van der Waals surface area contributed by atoms with Gasteiger partial charge in [-0.25, -0.2) is 0 Å². The maximum atomic E-state index is 8.96. The van der Waals surface area contributed by atoms with E-state index in [-0.39, 0.29) is 6.61 Å². The Morgan fingerprint density at radius 3 is 2.41 bits per heavy atom. The Balaban J connectivity index is 1.69. The maximum absolute atomic E-state index is 8.96. The van der Waals surface area contributed by atoms with Gasteiger partial charge in [0, 0.05) is 6.04 Å². The normalized spacial score (nSPS) is 17.2. The predicted molar refractivity (Wildman–Crippen MR) is 74.4 cm³/mol. The molecule has 0 saturated carbocycles. The Hall–Kier alpha value is -0.510. The minimum absolute atomic E-state index is 0.137. The minimum Gasteiger partial charge on any atom is -0.392 e. The monoisotopic (exact) mass is 251 g/mol. The first-order valence-corrected chi connectivity index (χ1v) is 7.54. The molecule has 17 heavy (non-hydrogen) atoms. The zero-order chi connectivity index (χ0) is 11.9. The van der Waals surface area contributed by atoms with Gasteiger partial charge < -0.3 is 10.4 Å². The molecule has 3 heteroatoms.